The molecule has 1 unspecified atom stereocenters. The van der Waals surface area contributed by atoms with Crippen molar-refractivity contribution in [1.29, 1.82) is 0 Å². The Balaban J connectivity index is 1.23. The highest BCUT2D eigenvalue weighted by atomic mass is 16.7. The molecule has 0 spiro atoms. The Morgan fingerprint density at radius 3 is 2.72 bits per heavy atom. The molecule has 3 aliphatic carbocycles. The number of ether oxygens (including phenoxy) is 3. The predicted molar refractivity (Wildman–Crippen MR) is 147 cm³/mol. The van der Waals surface area contributed by atoms with Crippen LogP contribution in [0.3, 0.4) is 0 Å². The summed E-state index contributed by atoms with van der Waals surface area (Å²) in [6, 6.07) is 6.94. The number of hydrogen-bond donors (Lipinski definition) is 0. The van der Waals surface area contributed by atoms with Crippen LogP contribution in [0.1, 0.15) is 96.1 Å². The molecule has 36 heavy (non-hydrogen) atoms. The normalized spacial score (nSPS) is 33.1. The zero-order valence-electron chi connectivity index (χ0n) is 23.3. The van der Waals surface area contributed by atoms with E-state index in [-0.39, 0.29) is 6.29 Å². The van der Waals surface area contributed by atoms with Gasteiger partial charge in [0.05, 0.1) is 19.8 Å². The minimum Gasteiger partial charge on any atom is -0.465 e. The number of benzene rings is 1. The molecule has 1 aromatic rings. The van der Waals surface area contributed by atoms with Gasteiger partial charge in [0.1, 0.15) is 5.75 Å². The zero-order chi connectivity index (χ0) is 25.1. The van der Waals surface area contributed by atoms with Gasteiger partial charge in [0, 0.05) is 13.0 Å². The molecule has 4 nitrogen and oxygen atoms in total. The summed E-state index contributed by atoms with van der Waals surface area (Å²) < 4.78 is 18.2. The van der Waals surface area contributed by atoms with Crippen molar-refractivity contribution in [3.63, 3.8) is 0 Å². The number of nitrogens with zero attached hydrogens (tertiary/aromatic N) is 1. The first kappa shape index (κ1) is 26.3. The third kappa shape index (κ3) is 5.28. The third-order valence-electron chi connectivity index (χ3n) is 10.2. The van der Waals surface area contributed by atoms with E-state index < -0.39 is 0 Å². The lowest BCUT2D eigenvalue weighted by molar-refractivity contribution is -0.105. The van der Waals surface area contributed by atoms with E-state index in [1.807, 2.05) is 0 Å². The second kappa shape index (κ2) is 11.6. The fraction of sp³-hybridized carbons (Fsp3) is 0.750. The molecule has 200 valence electrons. The molecule has 0 N–H and O–H groups in total. The summed E-state index contributed by atoms with van der Waals surface area (Å²) in [6.07, 6.45) is 11.1. The van der Waals surface area contributed by atoms with Gasteiger partial charge in [-0.2, -0.15) is 0 Å². The second-order valence-corrected chi connectivity index (χ2v) is 12.0. The van der Waals surface area contributed by atoms with Crippen molar-refractivity contribution in [3.05, 3.63) is 40.5 Å². The molecule has 5 rings (SSSR count). The molecule has 0 aromatic heterocycles. The van der Waals surface area contributed by atoms with Crippen molar-refractivity contribution < 1.29 is 14.2 Å². The number of rotatable bonds is 9. The van der Waals surface area contributed by atoms with E-state index >= 15 is 0 Å². The van der Waals surface area contributed by atoms with Crippen LogP contribution in [0.25, 0.3) is 0 Å². The average Bonchev–Trinajstić information content (AvgIpc) is 3.26. The van der Waals surface area contributed by atoms with Crippen LogP contribution >= 0.6 is 0 Å². The first-order chi connectivity index (χ1) is 17.5. The molecular formula is C32H49NO3. The van der Waals surface area contributed by atoms with Crippen molar-refractivity contribution in [2.45, 2.75) is 97.7 Å². The maximum atomic E-state index is 6.21. The van der Waals surface area contributed by atoms with Crippen LogP contribution in [0.15, 0.2) is 29.3 Å². The molecule has 1 heterocycles. The Morgan fingerprint density at radius 1 is 1.08 bits per heavy atom. The molecule has 0 bridgehead atoms. The Labute approximate surface area is 219 Å². The lowest BCUT2D eigenvalue weighted by Gasteiger charge is -2.50. The summed E-state index contributed by atoms with van der Waals surface area (Å²) in [7, 11) is 0. The monoisotopic (exact) mass is 495 g/mol. The molecule has 1 aliphatic heterocycles. The van der Waals surface area contributed by atoms with Crippen LogP contribution in [0.5, 0.6) is 5.75 Å². The van der Waals surface area contributed by atoms with Crippen molar-refractivity contribution in [2.75, 3.05) is 39.5 Å². The number of hydrogen-bond acceptors (Lipinski definition) is 4. The summed E-state index contributed by atoms with van der Waals surface area (Å²) in [5, 5.41) is 0. The fourth-order valence-electron chi connectivity index (χ4n) is 8.15. The summed E-state index contributed by atoms with van der Waals surface area (Å²) in [5.74, 6) is 3.36. The van der Waals surface area contributed by atoms with Gasteiger partial charge in [-0.05, 0) is 123 Å². The van der Waals surface area contributed by atoms with Crippen molar-refractivity contribution in [3.8, 4) is 5.75 Å². The second-order valence-electron chi connectivity index (χ2n) is 12.0. The van der Waals surface area contributed by atoms with Crippen LogP contribution in [0.2, 0.25) is 0 Å². The van der Waals surface area contributed by atoms with Crippen LogP contribution in [-0.4, -0.2) is 50.6 Å². The van der Waals surface area contributed by atoms with Gasteiger partial charge >= 0.3 is 0 Å². The van der Waals surface area contributed by atoms with Gasteiger partial charge in [0.25, 0.3) is 0 Å². The average molecular weight is 496 g/mol. The smallest absolute Gasteiger partial charge is 0.199 e. The molecule has 1 saturated heterocycles. The van der Waals surface area contributed by atoms with E-state index in [0.29, 0.717) is 5.41 Å². The van der Waals surface area contributed by atoms with Gasteiger partial charge in [-0.1, -0.05) is 32.4 Å². The summed E-state index contributed by atoms with van der Waals surface area (Å²) in [4.78, 5) is 2.44. The van der Waals surface area contributed by atoms with Crippen molar-refractivity contribution in [2.24, 2.45) is 17.3 Å². The molecule has 3 fully saturated rings. The Kier molecular flexibility index (Phi) is 8.44. The van der Waals surface area contributed by atoms with Gasteiger partial charge < -0.3 is 19.1 Å². The molecular weight excluding hydrogens is 446 g/mol. The van der Waals surface area contributed by atoms with Crippen LogP contribution in [-0.2, 0) is 15.9 Å². The first-order valence-corrected chi connectivity index (χ1v) is 14.9. The van der Waals surface area contributed by atoms with Gasteiger partial charge in [-0.15, -0.1) is 0 Å². The molecule has 2 saturated carbocycles. The lowest BCUT2D eigenvalue weighted by Crippen LogP contribution is -2.40. The quantitative estimate of drug-likeness (QED) is 0.269. The number of likely N-dealkylation sites (N-methyl/N-ethyl adjacent to an activating group) is 1. The number of allylic oxidation sites excluding steroid dienone is 1. The van der Waals surface area contributed by atoms with E-state index in [2.05, 4.69) is 50.8 Å². The fourth-order valence-corrected chi connectivity index (χ4v) is 8.15. The summed E-state index contributed by atoms with van der Waals surface area (Å²) >= 11 is 0. The highest BCUT2D eigenvalue weighted by molar-refractivity contribution is 5.41. The minimum absolute atomic E-state index is 0.0586. The van der Waals surface area contributed by atoms with Gasteiger partial charge in [-0.25, -0.2) is 0 Å². The first-order valence-electron chi connectivity index (χ1n) is 14.9. The molecule has 0 amide bonds. The van der Waals surface area contributed by atoms with Crippen molar-refractivity contribution in [1.82, 2.24) is 4.90 Å². The molecule has 4 aliphatic rings. The third-order valence-corrected chi connectivity index (χ3v) is 10.2. The molecule has 4 heteroatoms. The SMILES string of the molecule is CCN(CC)CCOC/C(C)=C1\CC[C@H]2[C@@H]3CCc4cc(OC5CCCCO5)ccc4[C@H]3CC[C@]12C. The van der Waals surface area contributed by atoms with E-state index in [4.69, 9.17) is 14.2 Å². The van der Waals surface area contributed by atoms with E-state index in [1.165, 1.54) is 56.1 Å². The predicted octanol–water partition coefficient (Wildman–Crippen LogP) is 7.12. The van der Waals surface area contributed by atoms with E-state index in [1.54, 1.807) is 11.1 Å². The standard InChI is InChI=1S/C32H49NO3/c1-5-33(6-2)18-20-34-22-23(3)29-14-15-30-28-12-10-24-21-25(36-31-9-7-8-19-35-31)11-13-26(24)27(28)16-17-32(29,30)4/h11,13,21,27-28,30-31H,5-10,12,14-20,22H2,1-4H3/b29-23+/t27-,28-,30+,31?,32-/m1/s1. The summed E-state index contributed by atoms with van der Waals surface area (Å²) in [6.45, 7) is 15.1. The maximum absolute atomic E-state index is 6.21. The van der Waals surface area contributed by atoms with Gasteiger partial charge in [0.2, 0.25) is 0 Å². The highest BCUT2D eigenvalue weighted by Crippen LogP contribution is 2.63. The zero-order valence-corrected chi connectivity index (χ0v) is 23.3. The van der Waals surface area contributed by atoms with Crippen LogP contribution in [0, 0.1) is 17.3 Å². The topological polar surface area (TPSA) is 30.9 Å². The van der Waals surface area contributed by atoms with Gasteiger partial charge in [-0.3, -0.25) is 0 Å². The van der Waals surface area contributed by atoms with Gasteiger partial charge in [0.15, 0.2) is 6.29 Å². The summed E-state index contributed by atoms with van der Waals surface area (Å²) in [5.41, 5.74) is 6.75. The number of fused-ring (bicyclic) bond motifs is 5. The van der Waals surface area contributed by atoms with E-state index in [9.17, 15) is 0 Å². The van der Waals surface area contributed by atoms with Crippen LogP contribution in [0.4, 0.5) is 0 Å². The largest absolute Gasteiger partial charge is 0.465 e. The maximum Gasteiger partial charge on any atom is 0.199 e. The number of aryl methyl sites for hydroxylation is 1. The van der Waals surface area contributed by atoms with Crippen molar-refractivity contribution >= 4 is 0 Å². The molecule has 0 radical (unpaired) electrons. The lowest BCUT2D eigenvalue weighted by atomic mass is 9.55. The molecule has 5 atom stereocenters. The van der Waals surface area contributed by atoms with Crippen LogP contribution < -0.4 is 4.74 Å². The minimum atomic E-state index is -0.0586. The molecule has 1 aromatic carbocycles. The van der Waals surface area contributed by atoms with E-state index in [0.717, 1.165) is 75.8 Å². The Morgan fingerprint density at radius 2 is 1.94 bits per heavy atom. The Hall–Kier alpha value is -1.36. The highest BCUT2D eigenvalue weighted by Gasteiger charge is 2.52. The Bertz CT molecular complexity index is 916.